The van der Waals surface area contributed by atoms with Crippen molar-refractivity contribution >= 4 is 45.3 Å². The third-order valence-corrected chi connectivity index (χ3v) is 7.28. The number of amides is 2. The van der Waals surface area contributed by atoms with Crippen LogP contribution in [0.3, 0.4) is 0 Å². The number of nitrogens with zero attached hydrogens (tertiary/aromatic N) is 4. The second-order valence-electron chi connectivity index (χ2n) is 8.84. The Hall–Kier alpha value is -3.82. The van der Waals surface area contributed by atoms with E-state index in [-0.39, 0.29) is 11.8 Å². The summed E-state index contributed by atoms with van der Waals surface area (Å²) in [5.74, 6) is -0.0553. The smallest absolute Gasteiger partial charge is 0.230 e. The summed E-state index contributed by atoms with van der Waals surface area (Å²) < 4.78 is 9.58. The second-order valence-corrected chi connectivity index (χ2v) is 8.84. The topological polar surface area (TPSA) is 136 Å². The van der Waals surface area contributed by atoms with Gasteiger partial charge in [-0.2, -0.15) is 0 Å². The molecule has 3 aliphatic rings. The van der Waals surface area contributed by atoms with Gasteiger partial charge in [0.15, 0.2) is 11.0 Å². The minimum Gasteiger partial charge on any atom is -0.324 e. The van der Waals surface area contributed by atoms with Crippen molar-refractivity contribution in [3.05, 3.63) is 36.4 Å². The lowest BCUT2D eigenvalue weighted by Gasteiger charge is -2.51. The molecule has 7 rings (SSSR count). The molecule has 2 amide bonds. The van der Waals surface area contributed by atoms with E-state index in [2.05, 4.69) is 31.3 Å². The molecule has 4 aromatic rings. The zero-order chi connectivity index (χ0) is 21.8. The summed E-state index contributed by atoms with van der Waals surface area (Å²) in [4.78, 5) is 26.6. The molecule has 2 aromatic carbocycles. The van der Waals surface area contributed by atoms with Crippen LogP contribution in [0, 0.1) is 10.8 Å². The fourth-order valence-corrected chi connectivity index (χ4v) is 5.19. The molecular weight excluding hydrogens is 412 g/mol. The van der Waals surface area contributed by atoms with Crippen LogP contribution in [0.25, 0.3) is 22.1 Å². The number of hydrogen-bond donors (Lipinski definition) is 2. The lowest BCUT2D eigenvalue weighted by Crippen LogP contribution is -2.52. The van der Waals surface area contributed by atoms with Gasteiger partial charge in [0.1, 0.15) is 11.0 Å². The molecule has 0 unspecified atom stereocenters. The molecule has 3 saturated carbocycles. The maximum Gasteiger partial charge on any atom is 0.230 e. The molecule has 3 fully saturated rings. The molecule has 2 N–H and O–H groups in total. The van der Waals surface area contributed by atoms with E-state index < -0.39 is 10.8 Å². The van der Waals surface area contributed by atoms with Crippen LogP contribution in [0.4, 0.5) is 11.4 Å². The van der Waals surface area contributed by atoms with Crippen LogP contribution in [-0.4, -0.2) is 32.4 Å². The van der Waals surface area contributed by atoms with E-state index in [4.69, 9.17) is 9.26 Å². The number of benzene rings is 2. The van der Waals surface area contributed by atoms with Gasteiger partial charge in [-0.3, -0.25) is 9.59 Å². The maximum absolute atomic E-state index is 13.3. The number of carbonyl (C=O) groups is 2. The van der Waals surface area contributed by atoms with E-state index in [0.29, 0.717) is 72.0 Å². The first-order chi connectivity index (χ1) is 15.6. The Bertz CT molecular complexity index is 1230. The highest BCUT2D eigenvalue weighted by Gasteiger charge is 2.55. The van der Waals surface area contributed by atoms with Gasteiger partial charge >= 0.3 is 0 Å². The first-order valence-corrected chi connectivity index (χ1v) is 10.6. The molecule has 10 heteroatoms. The van der Waals surface area contributed by atoms with Gasteiger partial charge in [-0.05, 0) is 83.4 Å². The summed E-state index contributed by atoms with van der Waals surface area (Å²) >= 11 is 0. The van der Waals surface area contributed by atoms with Crippen LogP contribution in [0.2, 0.25) is 0 Å². The summed E-state index contributed by atoms with van der Waals surface area (Å²) in [6.45, 7) is 0. The summed E-state index contributed by atoms with van der Waals surface area (Å²) in [5, 5.41) is 21.5. The molecule has 0 saturated heterocycles. The van der Waals surface area contributed by atoms with Gasteiger partial charge in [0.05, 0.1) is 11.4 Å². The number of nitrogens with one attached hydrogen (secondary N) is 2. The highest BCUT2D eigenvalue weighted by Crippen LogP contribution is 2.57. The Balaban J connectivity index is 1.18. The number of aromatic nitrogens is 4. The molecule has 0 spiro atoms. The summed E-state index contributed by atoms with van der Waals surface area (Å²) in [6, 6.07) is 10.8. The molecule has 10 nitrogen and oxygen atoms in total. The molecule has 0 radical (unpaired) electrons. The number of fused-ring (bicyclic) bond motifs is 5. The van der Waals surface area contributed by atoms with E-state index in [0.717, 1.165) is 0 Å². The second kappa shape index (κ2) is 6.84. The predicted molar refractivity (Wildman–Crippen MR) is 113 cm³/mol. The molecule has 0 atom stereocenters. The third kappa shape index (κ3) is 2.79. The van der Waals surface area contributed by atoms with Crippen molar-refractivity contribution in [1.29, 1.82) is 0 Å². The van der Waals surface area contributed by atoms with Crippen molar-refractivity contribution in [2.24, 2.45) is 10.8 Å². The first kappa shape index (κ1) is 18.9. The summed E-state index contributed by atoms with van der Waals surface area (Å²) in [5.41, 5.74) is 2.51. The van der Waals surface area contributed by atoms with Crippen molar-refractivity contribution in [1.82, 2.24) is 20.6 Å². The van der Waals surface area contributed by atoms with Crippen molar-refractivity contribution in [2.45, 2.75) is 38.5 Å². The summed E-state index contributed by atoms with van der Waals surface area (Å²) in [7, 11) is 0. The largest absolute Gasteiger partial charge is 0.324 e. The molecule has 162 valence electrons. The van der Waals surface area contributed by atoms with Gasteiger partial charge in [0.25, 0.3) is 0 Å². The van der Waals surface area contributed by atoms with Gasteiger partial charge < -0.3 is 10.6 Å². The molecule has 2 bridgehead atoms. The Morgan fingerprint density at radius 1 is 0.656 bits per heavy atom. The van der Waals surface area contributed by atoms with Crippen molar-refractivity contribution < 1.29 is 18.8 Å². The zero-order valence-corrected chi connectivity index (χ0v) is 17.1. The standard InChI is InChI=1S/C22H20N6O4/c29-19(23-13-3-1-5-15-17(13)27-31-25-15)21-7-10-22(11-8-21,12-9-21)20(30)24-14-4-2-6-16-18(14)28-32-26-16/h1-6H,7-12H2,(H,23,29)(H,24,30). The fourth-order valence-electron chi connectivity index (χ4n) is 5.19. The molecule has 0 aliphatic heterocycles. The van der Waals surface area contributed by atoms with Crippen molar-refractivity contribution in [3.8, 4) is 0 Å². The van der Waals surface area contributed by atoms with Crippen molar-refractivity contribution in [3.63, 3.8) is 0 Å². The average molecular weight is 432 g/mol. The SMILES string of the molecule is O=C(Nc1cccc2nonc12)C12CCC(C(=O)Nc3cccc4nonc34)(CC1)CC2. The summed E-state index contributed by atoms with van der Waals surface area (Å²) in [6.07, 6.45) is 3.97. The minimum absolute atomic E-state index is 0.0276. The molecule has 2 aromatic heterocycles. The molecule has 3 aliphatic carbocycles. The predicted octanol–water partition coefficient (Wildman–Crippen LogP) is 3.68. The fraction of sp³-hybridized carbons (Fsp3) is 0.364. The van der Waals surface area contributed by atoms with E-state index >= 15 is 0 Å². The highest BCUT2D eigenvalue weighted by molar-refractivity contribution is 6.04. The lowest BCUT2D eigenvalue weighted by atomic mass is 9.53. The Morgan fingerprint density at radius 3 is 1.47 bits per heavy atom. The number of hydrogen-bond acceptors (Lipinski definition) is 8. The monoisotopic (exact) mass is 432 g/mol. The minimum atomic E-state index is -0.475. The van der Waals surface area contributed by atoms with E-state index in [1.807, 2.05) is 12.1 Å². The third-order valence-electron chi connectivity index (χ3n) is 7.28. The van der Waals surface area contributed by atoms with E-state index in [9.17, 15) is 9.59 Å². The van der Waals surface area contributed by atoms with Gasteiger partial charge in [-0.25, -0.2) is 9.26 Å². The molecular formula is C22H20N6O4. The van der Waals surface area contributed by atoms with Gasteiger partial charge in [-0.1, -0.05) is 12.1 Å². The number of anilines is 2. The van der Waals surface area contributed by atoms with Crippen LogP contribution < -0.4 is 10.6 Å². The Morgan fingerprint density at radius 2 is 1.06 bits per heavy atom. The normalized spacial score (nSPS) is 24.6. The Labute approximate surface area is 181 Å². The Kier molecular flexibility index (Phi) is 4.04. The average Bonchev–Trinajstić information content (AvgIpc) is 3.51. The van der Waals surface area contributed by atoms with Crippen molar-refractivity contribution in [2.75, 3.05) is 10.6 Å². The highest BCUT2D eigenvalue weighted by atomic mass is 16.6. The van der Waals surface area contributed by atoms with Crippen LogP contribution in [0.5, 0.6) is 0 Å². The van der Waals surface area contributed by atoms with Crippen LogP contribution in [0.1, 0.15) is 38.5 Å². The van der Waals surface area contributed by atoms with Gasteiger partial charge in [0, 0.05) is 10.8 Å². The van der Waals surface area contributed by atoms with Gasteiger partial charge in [-0.15, -0.1) is 0 Å². The lowest BCUT2D eigenvalue weighted by molar-refractivity contribution is -0.144. The number of carbonyl (C=O) groups excluding carboxylic acids is 2. The molecule has 2 heterocycles. The zero-order valence-electron chi connectivity index (χ0n) is 17.1. The van der Waals surface area contributed by atoms with Gasteiger partial charge in [0.2, 0.25) is 11.8 Å². The van der Waals surface area contributed by atoms with E-state index in [1.54, 1.807) is 24.3 Å². The first-order valence-electron chi connectivity index (χ1n) is 10.6. The van der Waals surface area contributed by atoms with Crippen LogP contribution >= 0.6 is 0 Å². The van der Waals surface area contributed by atoms with E-state index in [1.165, 1.54) is 0 Å². The van der Waals surface area contributed by atoms with Crippen LogP contribution in [0.15, 0.2) is 45.7 Å². The number of rotatable bonds is 4. The maximum atomic E-state index is 13.3. The molecule has 32 heavy (non-hydrogen) atoms. The quantitative estimate of drug-likeness (QED) is 0.498. The van der Waals surface area contributed by atoms with Crippen LogP contribution in [-0.2, 0) is 9.59 Å².